The van der Waals surface area contributed by atoms with Gasteiger partial charge < -0.3 is 34.7 Å². The lowest BCUT2D eigenvalue weighted by atomic mass is 10.1. The van der Waals surface area contributed by atoms with E-state index < -0.39 is 11.9 Å². The molecule has 9 heteroatoms. The van der Waals surface area contributed by atoms with Crippen LogP contribution >= 0.6 is 0 Å². The van der Waals surface area contributed by atoms with Crippen LogP contribution in [-0.4, -0.2) is 36.1 Å². The van der Waals surface area contributed by atoms with Gasteiger partial charge in [0.2, 0.25) is 0 Å². The first-order valence-electron chi connectivity index (χ1n) is 18.2. The van der Waals surface area contributed by atoms with E-state index in [4.69, 9.17) is 18.9 Å². The Balaban J connectivity index is 1.12. The van der Waals surface area contributed by atoms with Crippen LogP contribution in [0, 0.1) is 0 Å². The predicted molar refractivity (Wildman–Crippen MR) is 211 cm³/mol. The molecule has 0 unspecified atom stereocenters. The summed E-state index contributed by atoms with van der Waals surface area (Å²) in [6.45, 7) is 0.856. The van der Waals surface area contributed by atoms with Crippen molar-refractivity contribution in [2.75, 3.05) is 13.2 Å². The molecule has 6 rings (SSSR count). The molecule has 6 aromatic carbocycles. The Morgan fingerprint density at radius 3 is 1.25 bits per heavy atom. The maximum absolute atomic E-state index is 13.8. The van der Waals surface area contributed by atoms with Gasteiger partial charge in [-0.15, -0.1) is 0 Å². The summed E-state index contributed by atoms with van der Waals surface area (Å²) in [5, 5.41) is 16.1. The van der Waals surface area contributed by atoms with Crippen molar-refractivity contribution in [3.63, 3.8) is 0 Å². The average molecular weight is 737 g/mol. The normalized spacial score (nSPS) is 11.2. The zero-order valence-electron chi connectivity index (χ0n) is 30.4. The molecule has 0 aliphatic heterocycles. The van der Waals surface area contributed by atoms with Gasteiger partial charge in [-0.2, -0.15) is 0 Å². The van der Waals surface area contributed by atoms with Gasteiger partial charge in [0.1, 0.15) is 26.4 Å². The van der Waals surface area contributed by atoms with Gasteiger partial charge >= 0.3 is 0 Å². The fourth-order valence-electron chi connectivity index (χ4n) is 5.77. The van der Waals surface area contributed by atoms with Gasteiger partial charge in [-0.3, -0.25) is 9.59 Å². The Morgan fingerprint density at radius 1 is 0.473 bits per heavy atom. The minimum atomic E-state index is -0.669. The van der Waals surface area contributed by atoms with Gasteiger partial charge in [0.15, 0.2) is 23.0 Å². The van der Waals surface area contributed by atoms with Gasteiger partial charge in [-0.1, -0.05) is 133 Å². The van der Waals surface area contributed by atoms with Gasteiger partial charge in [0, 0.05) is 6.54 Å². The first-order valence-corrected chi connectivity index (χ1v) is 18.2. The number of para-hydroxylation sites is 2. The van der Waals surface area contributed by atoms with Gasteiger partial charge in [-0.05, 0) is 52.9 Å². The molecule has 0 aromatic heterocycles. The first-order chi connectivity index (χ1) is 27.1. The number of carbonyl (C=O) groups excluding carboxylic acids is 2. The number of carbonyl (C=O) groups is 2. The second-order valence-electron chi connectivity index (χ2n) is 12.8. The Labute approximate surface area is 321 Å². The van der Waals surface area contributed by atoms with Crippen molar-refractivity contribution in [2.45, 2.75) is 38.9 Å². The molecular weight excluding hydrogens is 693 g/mol. The van der Waals surface area contributed by atoms with Crippen LogP contribution < -0.4 is 29.6 Å². The van der Waals surface area contributed by atoms with Crippen molar-refractivity contribution in [3.8, 4) is 23.0 Å². The summed E-state index contributed by atoms with van der Waals surface area (Å²) >= 11 is 0. The summed E-state index contributed by atoms with van der Waals surface area (Å²) in [7, 11) is 0. The SMILES string of the molecule is O=C(NCC[C@@H](CO)NC(=O)c1cccc(OCc2ccccc2)c1OCc1ccccc1)c1cccc(OCc2ccccc2)c1OCc1ccccc1. The second-order valence-corrected chi connectivity index (χ2v) is 12.8. The third kappa shape index (κ3) is 11.2. The summed E-state index contributed by atoms with van der Waals surface area (Å²) in [6.07, 6.45) is 0.253. The van der Waals surface area contributed by atoms with E-state index in [1.807, 2.05) is 121 Å². The molecule has 0 spiro atoms. The smallest absolute Gasteiger partial charge is 0.255 e. The highest BCUT2D eigenvalue weighted by atomic mass is 16.5. The number of ether oxygens (including phenoxy) is 4. The molecule has 3 N–H and O–H groups in total. The highest BCUT2D eigenvalue weighted by Gasteiger charge is 2.22. The van der Waals surface area contributed by atoms with Crippen molar-refractivity contribution in [3.05, 3.63) is 191 Å². The Kier molecular flexibility index (Phi) is 13.9. The zero-order valence-corrected chi connectivity index (χ0v) is 30.4. The maximum Gasteiger partial charge on any atom is 0.255 e. The third-order valence-electron chi connectivity index (χ3n) is 8.71. The molecule has 0 radical (unpaired) electrons. The van der Waals surface area contributed by atoms with Crippen molar-refractivity contribution in [1.82, 2.24) is 10.6 Å². The summed E-state index contributed by atoms with van der Waals surface area (Å²) < 4.78 is 24.7. The molecule has 2 amide bonds. The van der Waals surface area contributed by atoms with Crippen LogP contribution in [0.1, 0.15) is 49.4 Å². The molecule has 55 heavy (non-hydrogen) atoms. The molecule has 9 nitrogen and oxygen atoms in total. The largest absolute Gasteiger partial charge is 0.485 e. The van der Waals surface area contributed by atoms with E-state index in [-0.39, 0.29) is 50.9 Å². The van der Waals surface area contributed by atoms with E-state index in [2.05, 4.69) is 10.6 Å². The van der Waals surface area contributed by atoms with Crippen LogP contribution in [0.25, 0.3) is 0 Å². The predicted octanol–water partition coefficient (Wildman–Crippen LogP) is 7.91. The molecule has 0 fully saturated rings. The number of rotatable bonds is 19. The van der Waals surface area contributed by atoms with Crippen LogP contribution in [0.5, 0.6) is 23.0 Å². The highest BCUT2D eigenvalue weighted by molar-refractivity contribution is 5.98. The van der Waals surface area contributed by atoms with Crippen molar-refractivity contribution >= 4 is 11.8 Å². The van der Waals surface area contributed by atoms with E-state index >= 15 is 0 Å². The molecule has 1 atom stereocenters. The minimum absolute atomic E-state index is 0.162. The van der Waals surface area contributed by atoms with Gasteiger partial charge in [-0.25, -0.2) is 0 Å². The number of hydrogen-bond acceptors (Lipinski definition) is 7. The average Bonchev–Trinajstić information content (AvgIpc) is 3.24. The second kappa shape index (κ2) is 20.0. The number of benzene rings is 6. The van der Waals surface area contributed by atoms with E-state index in [0.717, 1.165) is 22.3 Å². The third-order valence-corrected chi connectivity index (χ3v) is 8.71. The molecule has 0 saturated carbocycles. The number of amides is 2. The summed E-state index contributed by atoms with van der Waals surface area (Å²) in [5.74, 6) is 0.648. The molecule has 0 aliphatic carbocycles. The number of aliphatic hydroxyl groups excluding tert-OH is 1. The summed E-state index contributed by atoms with van der Waals surface area (Å²) in [6, 6.07) is 48.5. The topological polar surface area (TPSA) is 115 Å². The van der Waals surface area contributed by atoms with E-state index in [1.54, 1.807) is 36.4 Å². The quantitative estimate of drug-likeness (QED) is 0.0775. The molecule has 280 valence electrons. The Hall–Kier alpha value is -6.58. The molecule has 0 aliphatic rings. The zero-order chi connectivity index (χ0) is 38.1. The van der Waals surface area contributed by atoms with Crippen molar-refractivity contribution in [1.29, 1.82) is 0 Å². The minimum Gasteiger partial charge on any atom is -0.485 e. The molecule has 6 aromatic rings. The van der Waals surface area contributed by atoms with Crippen molar-refractivity contribution < 1.29 is 33.6 Å². The number of aliphatic hydroxyl groups is 1. The monoisotopic (exact) mass is 736 g/mol. The molecule has 0 saturated heterocycles. The van der Waals surface area contributed by atoms with E-state index in [0.29, 0.717) is 35.2 Å². The van der Waals surface area contributed by atoms with Crippen molar-refractivity contribution in [2.24, 2.45) is 0 Å². The lowest BCUT2D eigenvalue weighted by molar-refractivity contribution is 0.0905. The van der Waals surface area contributed by atoms with Crippen LogP contribution in [-0.2, 0) is 26.4 Å². The van der Waals surface area contributed by atoms with E-state index in [9.17, 15) is 14.7 Å². The summed E-state index contributed by atoms with van der Waals surface area (Å²) in [4.78, 5) is 27.4. The van der Waals surface area contributed by atoms with Gasteiger partial charge in [0.05, 0.1) is 23.8 Å². The lowest BCUT2D eigenvalue weighted by Gasteiger charge is -2.20. The first kappa shape index (κ1) is 38.2. The fourth-order valence-corrected chi connectivity index (χ4v) is 5.77. The molecular formula is C46H44N2O7. The lowest BCUT2D eigenvalue weighted by Crippen LogP contribution is -2.40. The molecule has 0 bridgehead atoms. The number of hydrogen-bond donors (Lipinski definition) is 3. The van der Waals surface area contributed by atoms with E-state index in [1.165, 1.54) is 0 Å². The van der Waals surface area contributed by atoms with Gasteiger partial charge in [0.25, 0.3) is 11.8 Å². The van der Waals surface area contributed by atoms with Crippen LogP contribution in [0.15, 0.2) is 158 Å². The van der Waals surface area contributed by atoms with Crippen LogP contribution in [0.3, 0.4) is 0 Å². The standard InChI is InChI=1S/C46H44N2O7/c49-29-38(48-46(51)40-24-14-26-42(53-31-35-17-7-2-8-18-35)44(40)55-33-37-21-11-4-12-22-37)27-28-47-45(50)39-23-13-25-41(52-30-34-15-5-1-6-16-34)43(39)54-32-36-19-9-3-10-20-36/h1-26,38,49H,27-33H2,(H,47,50)(H,48,51)/t38-/m0/s1. The molecule has 0 heterocycles. The fraction of sp³-hybridized carbons (Fsp3) is 0.174. The maximum atomic E-state index is 13.8. The Morgan fingerprint density at radius 2 is 0.855 bits per heavy atom. The number of nitrogens with one attached hydrogen (secondary N) is 2. The Bertz CT molecular complexity index is 2100. The highest BCUT2D eigenvalue weighted by Crippen LogP contribution is 2.34. The summed E-state index contributed by atoms with van der Waals surface area (Å²) in [5.41, 5.74) is 4.38. The van der Waals surface area contributed by atoms with Crippen LogP contribution in [0.4, 0.5) is 0 Å². The van der Waals surface area contributed by atoms with Crippen LogP contribution in [0.2, 0.25) is 0 Å².